The third-order valence-electron chi connectivity index (χ3n) is 3.13. The van der Waals surface area contributed by atoms with Crippen LogP contribution in [-0.2, 0) is 38.1 Å². The topological polar surface area (TPSA) is 154 Å². The Morgan fingerprint density at radius 1 is 0.885 bits per heavy atom. The van der Waals surface area contributed by atoms with Gasteiger partial charge in [0.05, 0.1) is 5.25 Å². The first-order valence-electron chi connectivity index (χ1n) is 7.50. The van der Waals surface area contributed by atoms with Crippen molar-refractivity contribution in [3.8, 4) is 0 Å². The molecule has 144 valence electrons. The standard InChI is InChI=1S/C14H19N3O8S/c1-6(18)22-5-10-11(23-7(2)19)12(24-8(3)20)13(25-9(4)21)14(26-10)16-17-15/h10-14H,5H2,1-4H3/t10-,11-,12+,13-,14-/m1/s1. The SMILES string of the molecule is CC(=O)OC[C@H]1S[C@@H](N=[N+]=[N-])[C@H](OC(C)=O)[C@@H](OC(C)=O)[C@@H]1OC(C)=O. The Labute approximate surface area is 153 Å². The van der Waals surface area contributed by atoms with Crippen molar-refractivity contribution in [3.63, 3.8) is 0 Å². The van der Waals surface area contributed by atoms with Crippen LogP contribution in [0.15, 0.2) is 5.11 Å². The van der Waals surface area contributed by atoms with Crippen molar-refractivity contribution < 1.29 is 38.1 Å². The second-order valence-corrected chi connectivity index (χ2v) is 6.66. The van der Waals surface area contributed by atoms with E-state index >= 15 is 0 Å². The average Bonchev–Trinajstić information content (AvgIpc) is 2.50. The maximum Gasteiger partial charge on any atom is 0.303 e. The number of hydrogen-bond acceptors (Lipinski definition) is 10. The largest absolute Gasteiger partial charge is 0.465 e. The summed E-state index contributed by atoms with van der Waals surface area (Å²) in [4.78, 5) is 48.3. The van der Waals surface area contributed by atoms with E-state index in [0.717, 1.165) is 32.5 Å². The first kappa shape index (κ1) is 21.6. The van der Waals surface area contributed by atoms with Crippen molar-refractivity contribution in [2.75, 3.05) is 6.61 Å². The van der Waals surface area contributed by atoms with E-state index in [1.165, 1.54) is 6.92 Å². The zero-order valence-corrected chi connectivity index (χ0v) is 15.4. The van der Waals surface area contributed by atoms with Crippen molar-refractivity contribution in [1.29, 1.82) is 0 Å². The highest BCUT2D eigenvalue weighted by molar-refractivity contribution is 8.00. The predicted octanol–water partition coefficient (Wildman–Crippen LogP) is 1.10. The molecule has 0 unspecified atom stereocenters. The molecule has 0 aromatic heterocycles. The maximum absolute atomic E-state index is 11.5. The average molecular weight is 389 g/mol. The van der Waals surface area contributed by atoms with Crippen molar-refractivity contribution in [1.82, 2.24) is 0 Å². The van der Waals surface area contributed by atoms with E-state index in [9.17, 15) is 19.2 Å². The summed E-state index contributed by atoms with van der Waals surface area (Å²) in [6.45, 7) is 4.42. The van der Waals surface area contributed by atoms with Crippen molar-refractivity contribution in [2.45, 2.75) is 56.6 Å². The zero-order chi connectivity index (χ0) is 19.9. The van der Waals surface area contributed by atoms with Crippen LogP contribution in [0.25, 0.3) is 10.4 Å². The molecular weight excluding hydrogens is 370 g/mol. The zero-order valence-electron chi connectivity index (χ0n) is 14.6. The third-order valence-corrected chi connectivity index (χ3v) is 4.53. The van der Waals surface area contributed by atoms with Crippen LogP contribution in [0.1, 0.15) is 27.7 Å². The van der Waals surface area contributed by atoms with Gasteiger partial charge in [-0.05, 0) is 5.53 Å². The van der Waals surface area contributed by atoms with Crippen LogP contribution in [0.5, 0.6) is 0 Å². The van der Waals surface area contributed by atoms with Gasteiger partial charge in [0, 0.05) is 32.6 Å². The van der Waals surface area contributed by atoms with E-state index in [-0.39, 0.29) is 6.61 Å². The fourth-order valence-corrected chi connectivity index (χ4v) is 3.68. The third kappa shape index (κ3) is 6.45. The van der Waals surface area contributed by atoms with Gasteiger partial charge in [-0.3, -0.25) is 19.2 Å². The summed E-state index contributed by atoms with van der Waals surface area (Å²) in [6, 6.07) is 0. The number of carbonyl (C=O) groups excluding carboxylic acids is 4. The molecule has 1 fully saturated rings. The van der Waals surface area contributed by atoms with E-state index in [1.54, 1.807) is 0 Å². The second kappa shape index (κ2) is 9.88. The van der Waals surface area contributed by atoms with Gasteiger partial charge in [-0.2, -0.15) is 0 Å². The van der Waals surface area contributed by atoms with E-state index in [1.807, 2.05) is 0 Å². The number of carbonyl (C=O) groups is 4. The fourth-order valence-electron chi connectivity index (χ4n) is 2.35. The summed E-state index contributed by atoms with van der Waals surface area (Å²) in [7, 11) is 0. The number of hydrogen-bond donors (Lipinski definition) is 0. The van der Waals surface area contributed by atoms with Gasteiger partial charge in [-0.25, -0.2) is 0 Å². The molecule has 0 amide bonds. The summed E-state index contributed by atoms with van der Waals surface area (Å²) >= 11 is 0.986. The molecule has 0 aliphatic carbocycles. The van der Waals surface area contributed by atoms with Gasteiger partial charge < -0.3 is 18.9 Å². The highest BCUT2D eigenvalue weighted by Gasteiger charge is 2.51. The molecule has 0 aromatic rings. The van der Waals surface area contributed by atoms with Crippen LogP contribution in [-0.4, -0.2) is 59.4 Å². The maximum atomic E-state index is 11.5. The van der Waals surface area contributed by atoms with Crippen LogP contribution in [0.2, 0.25) is 0 Å². The molecule has 1 rings (SSSR count). The molecule has 0 spiro atoms. The molecule has 0 bridgehead atoms. The molecule has 12 heteroatoms. The minimum atomic E-state index is -1.24. The molecule has 1 saturated heterocycles. The van der Waals surface area contributed by atoms with E-state index in [4.69, 9.17) is 24.5 Å². The lowest BCUT2D eigenvalue weighted by atomic mass is 10.0. The minimum Gasteiger partial charge on any atom is -0.465 e. The molecule has 0 radical (unpaired) electrons. The van der Waals surface area contributed by atoms with Crippen LogP contribution in [0.3, 0.4) is 0 Å². The molecular formula is C14H19N3O8S. The van der Waals surface area contributed by atoms with Crippen LogP contribution >= 0.6 is 11.8 Å². The number of ether oxygens (including phenoxy) is 4. The molecule has 1 heterocycles. The molecule has 1 aliphatic heterocycles. The van der Waals surface area contributed by atoms with E-state index < -0.39 is 52.8 Å². The molecule has 5 atom stereocenters. The molecule has 1 aliphatic rings. The number of esters is 4. The van der Waals surface area contributed by atoms with Gasteiger partial charge in [0.1, 0.15) is 12.0 Å². The number of azide groups is 1. The van der Waals surface area contributed by atoms with E-state index in [2.05, 4.69) is 10.0 Å². The van der Waals surface area contributed by atoms with Gasteiger partial charge in [-0.1, -0.05) is 5.11 Å². The summed E-state index contributed by atoms with van der Waals surface area (Å²) in [6.07, 6.45) is -3.51. The Bertz CT molecular complexity index is 621. The van der Waals surface area contributed by atoms with Crippen molar-refractivity contribution in [2.24, 2.45) is 5.11 Å². The van der Waals surface area contributed by atoms with Crippen LogP contribution in [0, 0.1) is 0 Å². The molecule has 26 heavy (non-hydrogen) atoms. The lowest BCUT2D eigenvalue weighted by Crippen LogP contribution is -2.58. The Morgan fingerprint density at radius 2 is 1.38 bits per heavy atom. The highest BCUT2D eigenvalue weighted by atomic mass is 32.2. The van der Waals surface area contributed by atoms with Crippen molar-refractivity contribution >= 4 is 35.6 Å². The first-order chi connectivity index (χ1) is 12.1. The monoisotopic (exact) mass is 389 g/mol. The molecule has 0 N–H and O–H groups in total. The quantitative estimate of drug-likeness (QED) is 0.213. The number of thioether (sulfide) groups is 1. The molecule has 11 nitrogen and oxygen atoms in total. The fraction of sp³-hybridized carbons (Fsp3) is 0.714. The molecule has 0 saturated carbocycles. The van der Waals surface area contributed by atoms with Gasteiger partial charge in [-0.15, -0.1) is 11.8 Å². The Hall–Kier alpha value is -2.46. The smallest absolute Gasteiger partial charge is 0.303 e. The lowest BCUT2D eigenvalue weighted by Gasteiger charge is -2.42. The van der Waals surface area contributed by atoms with Gasteiger partial charge >= 0.3 is 23.9 Å². The number of nitrogens with zero attached hydrogens (tertiary/aromatic N) is 3. The van der Waals surface area contributed by atoms with Gasteiger partial charge in [0.25, 0.3) is 0 Å². The van der Waals surface area contributed by atoms with Gasteiger partial charge in [0.2, 0.25) is 0 Å². The predicted molar refractivity (Wildman–Crippen MR) is 87.6 cm³/mol. The number of rotatable bonds is 6. The molecule has 0 aromatic carbocycles. The summed E-state index contributed by atoms with van der Waals surface area (Å²) in [5.41, 5.74) is 8.78. The van der Waals surface area contributed by atoms with E-state index in [0.29, 0.717) is 0 Å². The normalized spacial score (nSPS) is 27.5. The summed E-state index contributed by atoms with van der Waals surface area (Å²) < 4.78 is 20.5. The Balaban J connectivity index is 3.28. The second-order valence-electron chi connectivity index (χ2n) is 5.29. The van der Waals surface area contributed by atoms with Crippen LogP contribution < -0.4 is 0 Å². The van der Waals surface area contributed by atoms with Crippen LogP contribution in [0.4, 0.5) is 0 Å². The minimum absolute atomic E-state index is 0.194. The Kier molecular flexibility index (Phi) is 8.20. The first-order valence-corrected chi connectivity index (χ1v) is 8.44. The lowest BCUT2D eigenvalue weighted by molar-refractivity contribution is -0.185. The Morgan fingerprint density at radius 3 is 1.85 bits per heavy atom. The highest BCUT2D eigenvalue weighted by Crippen LogP contribution is 2.38. The van der Waals surface area contributed by atoms with Crippen molar-refractivity contribution in [3.05, 3.63) is 10.4 Å². The summed E-state index contributed by atoms with van der Waals surface area (Å²) in [5, 5.41) is 1.86. The summed E-state index contributed by atoms with van der Waals surface area (Å²) in [5.74, 6) is -2.67. The van der Waals surface area contributed by atoms with Gasteiger partial charge in [0.15, 0.2) is 18.3 Å².